The summed E-state index contributed by atoms with van der Waals surface area (Å²) >= 11 is 2.95. The van der Waals surface area contributed by atoms with Crippen molar-refractivity contribution in [2.75, 3.05) is 12.8 Å². The number of nitrogens with zero attached hydrogens (tertiary/aromatic N) is 1. The second kappa shape index (κ2) is 5.13. The Morgan fingerprint density at radius 1 is 1.29 bits per heavy atom. The van der Waals surface area contributed by atoms with Crippen molar-refractivity contribution >= 4 is 44.5 Å². The number of hydrogen-bond donors (Lipinski definition) is 1. The number of pyridine rings is 1. The van der Waals surface area contributed by atoms with E-state index in [1.54, 1.807) is 17.4 Å². The number of fused-ring (bicyclic) bond motifs is 1. The molecule has 3 aromatic heterocycles. The van der Waals surface area contributed by atoms with E-state index in [2.05, 4.69) is 4.98 Å². The van der Waals surface area contributed by atoms with Crippen LogP contribution in [0.2, 0.25) is 0 Å². The summed E-state index contributed by atoms with van der Waals surface area (Å²) in [5.74, 6) is -0.323. The molecule has 0 bridgehead atoms. The lowest BCUT2D eigenvalue weighted by Crippen LogP contribution is -1.96. The van der Waals surface area contributed by atoms with E-state index in [1.165, 1.54) is 18.4 Å². The van der Waals surface area contributed by atoms with Gasteiger partial charge >= 0.3 is 5.97 Å². The van der Waals surface area contributed by atoms with Crippen molar-refractivity contribution in [3.63, 3.8) is 0 Å². The molecule has 0 fully saturated rings. The second-order valence-electron chi connectivity index (χ2n) is 4.76. The van der Waals surface area contributed by atoms with E-state index in [1.807, 2.05) is 26.0 Å². The summed E-state index contributed by atoms with van der Waals surface area (Å²) in [4.78, 5) is 19.6. The quantitative estimate of drug-likeness (QED) is 0.725. The molecule has 108 valence electrons. The molecule has 4 nitrogen and oxygen atoms in total. The third-order valence-electron chi connectivity index (χ3n) is 3.24. The van der Waals surface area contributed by atoms with Crippen LogP contribution in [0.5, 0.6) is 0 Å². The van der Waals surface area contributed by atoms with E-state index >= 15 is 0 Å². The molecule has 21 heavy (non-hydrogen) atoms. The largest absolute Gasteiger partial charge is 0.465 e. The third-order valence-corrected chi connectivity index (χ3v) is 5.59. The van der Waals surface area contributed by atoms with Crippen LogP contribution in [-0.2, 0) is 4.74 Å². The highest BCUT2D eigenvalue weighted by Crippen LogP contribution is 2.43. The minimum Gasteiger partial charge on any atom is -0.465 e. The van der Waals surface area contributed by atoms with Gasteiger partial charge in [0.05, 0.1) is 17.7 Å². The van der Waals surface area contributed by atoms with Crippen LogP contribution in [0.3, 0.4) is 0 Å². The smallest absolute Gasteiger partial charge is 0.348 e. The lowest BCUT2D eigenvalue weighted by atomic mass is 10.1. The molecule has 0 saturated carbocycles. The third kappa shape index (κ3) is 2.30. The van der Waals surface area contributed by atoms with E-state index in [0.717, 1.165) is 36.9 Å². The van der Waals surface area contributed by atoms with Gasteiger partial charge in [0.2, 0.25) is 0 Å². The molecule has 0 aliphatic rings. The Kier molecular flexibility index (Phi) is 3.43. The summed E-state index contributed by atoms with van der Waals surface area (Å²) < 4.78 is 4.74. The normalized spacial score (nSPS) is 11.0. The minimum atomic E-state index is -0.323. The number of carbonyl (C=O) groups is 1. The van der Waals surface area contributed by atoms with Gasteiger partial charge in [-0.15, -0.1) is 22.7 Å². The summed E-state index contributed by atoms with van der Waals surface area (Å²) in [5.41, 5.74) is 9.14. The van der Waals surface area contributed by atoms with Gasteiger partial charge in [-0.25, -0.2) is 9.78 Å². The van der Waals surface area contributed by atoms with Crippen LogP contribution in [0.4, 0.5) is 5.69 Å². The number of carbonyl (C=O) groups excluding carboxylic acids is 1. The topological polar surface area (TPSA) is 65.2 Å². The Bertz CT molecular complexity index is 849. The Balaban J connectivity index is 2.17. The minimum absolute atomic E-state index is 0.323. The molecule has 3 heterocycles. The predicted octanol–water partition coefficient (Wildman–Crippen LogP) is 4.01. The molecule has 0 spiro atoms. The standard InChI is InChI=1S/C15H14N2O2S2/c1-7-6-8(2)17-14-11(7)12(16)13(21-14)9-4-5-10(20-9)15(18)19-3/h4-6H,16H2,1-3H3. The summed E-state index contributed by atoms with van der Waals surface area (Å²) in [6.07, 6.45) is 0. The lowest BCUT2D eigenvalue weighted by Gasteiger charge is -1.99. The second-order valence-corrected chi connectivity index (χ2v) is 6.84. The summed E-state index contributed by atoms with van der Waals surface area (Å²) in [6.45, 7) is 4.01. The molecule has 0 amide bonds. The first kappa shape index (κ1) is 14.0. The maximum atomic E-state index is 11.6. The predicted molar refractivity (Wildman–Crippen MR) is 88.2 cm³/mol. The van der Waals surface area contributed by atoms with Gasteiger partial charge in [-0.3, -0.25) is 0 Å². The fourth-order valence-electron chi connectivity index (χ4n) is 2.32. The van der Waals surface area contributed by atoms with Crippen LogP contribution in [0, 0.1) is 13.8 Å². The first-order valence-electron chi connectivity index (χ1n) is 6.36. The fraction of sp³-hybridized carbons (Fsp3) is 0.200. The lowest BCUT2D eigenvalue weighted by molar-refractivity contribution is 0.0606. The van der Waals surface area contributed by atoms with Crippen molar-refractivity contribution in [2.24, 2.45) is 0 Å². The zero-order valence-corrected chi connectivity index (χ0v) is 13.5. The van der Waals surface area contributed by atoms with E-state index < -0.39 is 0 Å². The average Bonchev–Trinajstić information content (AvgIpc) is 3.02. The number of aromatic nitrogens is 1. The highest BCUT2D eigenvalue weighted by atomic mass is 32.1. The number of rotatable bonds is 2. The summed E-state index contributed by atoms with van der Waals surface area (Å²) in [7, 11) is 1.38. The fourth-order valence-corrected chi connectivity index (χ4v) is 4.59. The number of esters is 1. The Labute approximate surface area is 130 Å². The number of nitrogen functional groups attached to an aromatic ring is 1. The molecule has 0 aliphatic carbocycles. The van der Waals surface area contributed by atoms with E-state index in [-0.39, 0.29) is 5.97 Å². The van der Waals surface area contributed by atoms with Crippen molar-refractivity contribution in [1.82, 2.24) is 4.98 Å². The van der Waals surface area contributed by atoms with Crippen LogP contribution in [-0.4, -0.2) is 18.1 Å². The van der Waals surface area contributed by atoms with Crippen LogP contribution in [0.25, 0.3) is 20.0 Å². The maximum absolute atomic E-state index is 11.6. The first-order chi connectivity index (χ1) is 10.0. The molecule has 0 aliphatic heterocycles. The number of thiophene rings is 2. The van der Waals surface area contributed by atoms with Crippen molar-refractivity contribution < 1.29 is 9.53 Å². The van der Waals surface area contributed by atoms with Crippen LogP contribution < -0.4 is 5.73 Å². The highest BCUT2D eigenvalue weighted by Gasteiger charge is 2.17. The highest BCUT2D eigenvalue weighted by molar-refractivity contribution is 7.27. The van der Waals surface area contributed by atoms with E-state index in [4.69, 9.17) is 10.5 Å². The Hall–Kier alpha value is -1.92. The Morgan fingerprint density at radius 2 is 2.05 bits per heavy atom. The van der Waals surface area contributed by atoms with Gasteiger partial charge in [0.1, 0.15) is 9.71 Å². The summed E-state index contributed by atoms with van der Waals surface area (Å²) in [6, 6.07) is 5.70. The van der Waals surface area contributed by atoms with Crippen LogP contribution in [0.15, 0.2) is 18.2 Å². The Morgan fingerprint density at radius 3 is 2.76 bits per heavy atom. The SMILES string of the molecule is COC(=O)c1ccc(-c2sc3nc(C)cc(C)c3c2N)s1. The number of nitrogens with two attached hydrogens (primary N) is 1. The average molecular weight is 318 g/mol. The van der Waals surface area contributed by atoms with Gasteiger partial charge < -0.3 is 10.5 Å². The molecule has 3 aromatic rings. The van der Waals surface area contributed by atoms with Gasteiger partial charge in [-0.2, -0.15) is 0 Å². The van der Waals surface area contributed by atoms with Crippen LogP contribution >= 0.6 is 22.7 Å². The molecular formula is C15H14N2O2S2. The van der Waals surface area contributed by atoms with Gasteiger partial charge in [0.25, 0.3) is 0 Å². The molecule has 0 unspecified atom stereocenters. The molecule has 0 atom stereocenters. The molecule has 6 heteroatoms. The number of anilines is 1. The molecule has 0 radical (unpaired) electrons. The van der Waals surface area contributed by atoms with Crippen molar-refractivity contribution in [2.45, 2.75) is 13.8 Å². The van der Waals surface area contributed by atoms with Gasteiger partial charge in [0, 0.05) is 16.0 Å². The molecule has 3 rings (SSSR count). The maximum Gasteiger partial charge on any atom is 0.348 e. The van der Waals surface area contributed by atoms with Gasteiger partial charge in [-0.1, -0.05) is 0 Å². The van der Waals surface area contributed by atoms with Crippen molar-refractivity contribution in [1.29, 1.82) is 0 Å². The van der Waals surface area contributed by atoms with Crippen molar-refractivity contribution in [3.8, 4) is 9.75 Å². The molecule has 0 saturated heterocycles. The van der Waals surface area contributed by atoms with Gasteiger partial charge in [-0.05, 0) is 37.6 Å². The number of aryl methyl sites for hydroxylation is 2. The van der Waals surface area contributed by atoms with Gasteiger partial charge in [0.15, 0.2) is 0 Å². The molecule has 0 aromatic carbocycles. The number of hydrogen-bond acceptors (Lipinski definition) is 6. The zero-order chi connectivity index (χ0) is 15.1. The molecule has 2 N–H and O–H groups in total. The monoisotopic (exact) mass is 318 g/mol. The number of methoxy groups -OCH3 is 1. The molecular weight excluding hydrogens is 304 g/mol. The van der Waals surface area contributed by atoms with E-state index in [9.17, 15) is 4.79 Å². The number of ether oxygens (including phenoxy) is 1. The first-order valence-corrected chi connectivity index (χ1v) is 7.99. The van der Waals surface area contributed by atoms with Crippen LogP contribution in [0.1, 0.15) is 20.9 Å². The summed E-state index contributed by atoms with van der Waals surface area (Å²) in [5, 5.41) is 1.01. The zero-order valence-electron chi connectivity index (χ0n) is 11.9. The van der Waals surface area contributed by atoms with E-state index in [0.29, 0.717) is 4.88 Å². The van der Waals surface area contributed by atoms with Crippen molar-refractivity contribution in [3.05, 3.63) is 34.3 Å².